The molecule has 1 aromatic rings. The van der Waals surface area contributed by atoms with Crippen LogP contribution in [0.1, 0.15) is 6.92 Å². The molecule has 2 rings (SSSR count). The number of benzene rings is 1. The lowest BCUT2D eigenvalue weighted by molar-refractivity contribution is 0.753. The standard InChI is InChI=1S/C11H15ClN2S/c1-8-7-14(5-4-13)10-6-9(12)2-3-11(10)15-8/h2-3,6,8H,4-5,7,13H2,1H3. The summed E-state index contributed by atoms with van der Waals surface area (Å²) in [7, 11) is 0. The van der Waals surface area contributed by atoms with Gasteiger partial charge in [0.2, 0.25) is 0 Å². The van der Waals surface area contributed by atoms with E-state index in [-0.39, 0.29) is 0 Å². The normalized spacial score (nSPS) is 20.2. The van der Waals surface area contributed by atoms with Crippen LogP contribution in [0.15, 0.2) is 23.1 Å². The Hall–Kier alpha value is -0.380. The van der Waals surface area contributed by atoms with Gasteiger partial charge in [-0.05, 0) is 18.2 Å². The summed E-state index contributed by atoms with van der Waals surface area (Å²) in [5.41, 5.74) is 6.85. The van der Waals surface area contributed by atoms with Crippen molar-refractivity contribution in [2.24, 2.45) is 5.73 Å². The number of anilines is 1. The fraction of sp³-hybridized carbons (Fsp3) is 0.455. The maximum absolute atomic E-state index is 6.01. The van der Waals surface area contributed by atoms with E-state index in [0.29, 0.717) is 11.8 Å². The van der Waals surface area contributed by atoms with Crippen molar-refractivity contribution in [3.8, 4) is 0 Å². The first kappa shape index (κ1) is 11.1. The highest BCUT2D eigenvalue weighted by atomic mass is 35.5. The van der Waals surface area contributed by atoms with Crippen molar-refractivity contribution in [1.82, 2.24) is 0 Å². The Morgan fingerprint density at radius 2 is 2.40 bits per heavy atom. The number of nitrogens with two attached hydrogens (primary N) is 1. The highest BCUT2D eigenvalue weighted by Crippen LogP contribution is 2.39. The van der Waals surface area contributed by atoms with Gasteiger partial charge in [0.15, 0.2) is 0 Å². The largest absolute Gasteiger partial charge is 0.368 e. The van der Waals surface area contributed by atoms with E-state index >= 15 is 0 Å². The molecule has 0 radical (unpaired) electrons. The smallest absolute Gasteiger partial charge is 0.0520 e. The molecule has 0 amide bonds. The van der Waals surface area contributed by atoms with E-state index in [1.807, 2.05) is 23.9 Å². The lowest BCUT2D eigenvalue weighted by atomic mass is 10.2. The Kier molecular flexibility index (Phi) is 3.44. The van der Waals surface area contributed by atoms with Gasteiger partial charge in [0.05, 0.1) is 5.69 Å². The maximum Gasteiger partial charge on any atom is 0.0520 e. The van der Waals surface area contributed by atoms with Crippen molar-refractivity contribution in [2.45, 2.75) is 17.1 Å². The predicted molar refractivity (Wildman–Crippen MR) is 68.0 cm³/mol. The first-order chi connectivity index (χ1) is 7.20. The third-order valence-electron chi connectivity index (χ3n) is 2.47. The molecule has 0 saturated heterocycles. The van der Waals surface area contributed by atoms with Crippen LogP contribution in [0, 0.1) is 0 Å². The van der Waals surface area contributed by atoms with E-state index in [0.717, 1.165) is 18.1 Å². The van der Waals surface area contributed by atoms with Gasteiger partial charge in [0, 0.05) is 34.8 Å². The Morgan fingerprint density at radius 1 is 1.60 bits per heavy atom. The molecule has 1 aromatic carbocycles. The van der Waals surface area contributed by atoms with Gasteiger partial charge in [-0.25, -0.2) is 0 Å². The van der Waals surface area contributed by atoms with Crippen molar-refractivity contribution in [3.63, 3.8) is 0 Å². The molecule has 0 bridgehead atoms. The van der Waals surface area contributed by atoms with Gasteiger partial charge in [-0.1, -0.05) is 18.5 Å². The molecule has 82 valence electrons. The van der Waals surface area contributed by atoms with Crippen molar-refractivity contribution in [1.29, 1.82) is 0 Å². The number of hydrogen-bond acceptors (Lipinski definition) is 3. The van der Waals surface area contributed by atoms with Crippen LogP contribution in [0.3, 0.4) is 0 Å². The third-order valence-corrected chi connectivity index (χ3v) is 3.85. The minimum atomic E-state index is 0.616. The van der Waals surface area contributed by atoms with Crippen molar-refractivity contribution in [3.05, 3.63) is 23.2 Å². The van der Waals surface area contributed by atoms with Crippen LogP contribution in [-0.4, -0.2) is 24.9 Å². The molecule has 0 aliphatic carbocycles. The summed E-state index contributed by atoms with van der Waals surface area (Å²) in [6, 6.07) is 6.08. The molecule has 4 heteroatoms. The first-order valence-electron chi connectivity index (χ1n) is 5.12. The quantitative estimate of drug-likeness (QED) is 0.865. The van der Waals surface area contributed by atoms with Crippen molar-refractivity contribution >= 4 is 29.1 Å². The molecule has 1 aliphatic heterocycles. The number of nitrogens with zero attached hydrogens (tertiary/aromatic N) is 1. The van der Waals surface area contributed by atoms with Gasteiger partial charge in [0.25, 0.3) is 0 Å². The minimum absolute atomic E-state index is 0.616. The van der Waals surface area contributed by atoms with E-state index < -0.39 is 0 Å². The second kappa shape index (κ2) is 4.64. The summed E-state index contributed by atoms with van der Waals surface area (Å²) in [6.07, 6.45) is 0. The van der Waals surface area contributed by atoms with E-state index in [4.69, 9.17) is 17.3 Å². The average molecular weight is 243 g/mol. The summed E-state index contributed by atoms with van der Waals surface area (Å²) in [6.45, 7) is 4.88. The molecule has 1 aliphatic rings. The summed E-state index contributed by atoms with van der Waals surface area (Å²) in [5.74, 6) is 0. The monoisotopic (exact) mass is 242 g/mol. The second-order valence-corrected chi connectivity index (χ2v) is 5.69. The molecule has 0 aromatic heterocycles. The van der Waals surface area contributed by atoms with Crippen LogP contribution in [0.4, 0.5) is 5.69 Å². The van der Waals surface area contributed by atoms with Crippen LogP contribution < -0.4 is 10.6 Å². The average Bonchev–Trinajstić information content (AvgIpc) is 2.19. The number of thioether (sulfide) groups is 1. The Balaban J connectivity index is 2.34. The highest BCUT2D eigenvalue weighted by Gasteiger charge is 2.21. The third kappa shape index (κ3) is 2.41. The predicted octanol–water partition coefficient (Wildman–Crippen LogP) is 2.60. The topological polar surface area (TPSA) is 29.3 Å². The first-order valence-corrected chi connectivity index (χ1v) is 6.37. The van der Waals surface area contributed by atoms with Crippen LogP contribution in [0.5, 0.6) is 0 Å². The lowest BCUT2D eigenvalue weighted by Crippen LogP contribution is -2.36. The molecule has 0 saturated carbocycles. The lowest BCUT2D eigenvalue weighted by Gasteiger charge is -2.34. The molecule has 1 atom stereocenters. The second-order valence-electron chi connectivity index (χ2n) is 3.78. The summed E-state index contributed by atoms with van der Waals surface area (Å²) >= 11 is 7.92. The van der Waals surface area contributed by atoms with E-state index in [1.54, 1.807) is 0 Å². The van der Waals surface area contributed by atoms with Gasteiger partial charge >= 0.3 is 0 Å². The number of rotatable bonds is 2. The fourth-order valence-corrected chi connectivity index (χ4v) is 3.18. The van der Waals surface area contributed by atoms with Gasteiger partial charge in [0.1, 0.15) is 0 Å². The number of hydrogen-bond donors (Lipinski definition) is 1. The van der Waals surface area contributed by atoms with Crippen LogP contribution in [0.2, 0.25) is 5.02 Å². The summed E-state index contributed by atoms with van der Waals surface area (Å²) in [4.78, 5) is 3.63. The Labute approximate surface area is 99.8 Å². The molecule has 1 unspecified atom stereocenters. The molecule has 15 heavy (non-hydrogen) atoms. The highest BCUT2D eigenvalue weighted by molar-refractivity contribution is 8.00. The maximum atomic E-state index is 6.01. The Bertz CT molecular complexity index is 356. The molecular weight excluding hydrogens is 228 g/mol. The zero-order valence-corrected chi connectivity index (χ0v) is 10.3. The van der Waals surface area contributed by atoms with E-state index in [1.165, 1.54) is 10.6 Å². The van der Waals surface area contributed by atoms with Gasteiger partial charge < -0.3 is 10.6 Å². The van der Waals surface area contributed by atoms with Crippen LogP contribution >= 0.6 is 23.4 Å². The summed E-state index contributed by atoms with van der Waals surface area (Å²) < 4.78 is 0. The fourth-order valence-electron chi connectivity index (χ4n) is 1.87. The SMILES string of the molecule is CC1CN(CCN)c2cc(Cl)ccc2S1. The van der Waals surface area contributed by atoms with Gasteiger partial charge in [-0.3, -0.25) is 0 Å². The minimum Gasteiger partial charge on any atom is -0.368 e. The van der Waals surface area contributed by atoms with E-state index in [2.05, 4.69) is 17.9 Å². The zero-order valence-electron chi connectivity index (χ0n) is 8.74. The van der Waals surface area contributed by atoms with Gasteiger partial charge in [-0.15, -0.1) is 11.8 Å². The molecular formula is C11H15ClN2S. The molecule has 0 spiro atoms. The molecule has 2 N–H and O–H groups in total. The number of fused-ring (bicyclic) bond motifs is 1. The van der Waals surface area contributed by atoms with Crippen molar-refractivity contribution in [2.75, 3.05) is 24.5 Å². The van der Waals surface area contributed by atoms with Gasteiger partial charge in [-0.2, -0.15) is 0 Å². The molecule has 0 fully saturated rings. The zero-order chi connectivity index (χ0) is 10.8. The van der Waals surface area contributed by atoms with Crippen molar-refractivity contribution < 1.29 is 0 Å². The number of halogens is 1. The van der Waals surface area contributed by atoms with Crippen LogP contribution in [-0.2, 0) is 0 Å². The molecule has 2 nitrogen and oxygen atoms in total. The van der Waals surface area contributed by atoms with E-state index in [9.17, 15) is 0 Å². The Morgan fingerprint density at radius 3 is 3.13 bits per heavy atom. The summed E-state index contributed by atoms with van der Waals surface area (Å²) in [5, 5.41) is 1.41. The molecule has 1 heterocycles. The van der Waals surface area contributed by atoms with Crippen LogP contribution in [0.25, 0.3) is 0 Å².